The van der Waals surface area contributed by atoms with Gasteiger partial charge in [0.1, 0.15) is 5.82 Å². The minimum atomic E-state index is -1.36. The van der Waals surface area contributed by atoms with Crippen molar-refractivity contribution >= 4 is 41.3 Å². The topological polar surface area (TPSA) is 97.2 Å². The van der Waals surface area contributed by atoms with Gasteiger partial charge in [0.05, 0.1) is 16.7 Å². The van der Waals surface area contributed by atoms with Crippen molar-refractivity contribution in [2.75, 3.05) is 37.6 Å². The number of aliphatic hydroxyl groups excluding tert-OH is 1. The number of aromatic nitrogens is 1. The second-order valence-electron chi connectivity index (χ2n) is 11.5. The maximum Gasteiger partial charge on any atom is 0.233 e. The second kappa shape index (κ2) is 12.0. The van der Waals surface area contributed by atoms with Crippen molar-refractivity contribution in [3.05, 3.63) is 23.1 Å². The minimum absolute atomic E-state index is 0.0786. The summed E-state index contributed by atoms with van der Waals surface area (Å²) in [7, 11) is 0. The molecule has 1 aromatic heterocycles. The third-order valence-electron chi connectivity index (χ3n) is 9.38. The fourth-order valence-corrected chi connectivity index (χ4v) is 8.17. The van der Waals surface area contributed by atoms with E-state index in [1.54, 1.807) is 9.80 Å². The van der Waals surface area contributed by atoms with Crippen molar-refractivity contribution in [3.63, 3.8) is 0 Å². The Morgan fingerprint density at radius 2 is 1.63 bits per heavy atom. The Bertz CT molecular complexity index is 1010. The molecule has 2 bridgehead atoms. The SMILES string of the molecule is C=Cc1snc(N2CCN(C(O)O)CC2)c1/C=C\C.O=C1C2C3CCC(C3)C2C(=O)N1CC1CCCCC1. The van der Waals surface area contributed by atoms with Gasteiger partial charge in [0.15, 0.2) is 0 Å². The Labute approximate surface area is 230 Å². The number of hydrogen-bond acceptors (Lipinski definition) is 8. The molecule has 3 heterocycles. The van der Waals surface area contributed by atoms with Gasteiger partial charge in [-0.05, 0) is 74.4 Å². The van der Waals surface area contributed by atoms with Crippen molar-refractivity contribution in [2.24, 2.45) is 29.6 Å². The largest absolute Gasteiger partial charge is 0.356 e. The summed E-state index contributed by atoms with van der Waals surface area (Å²) >= 11 is 1.44. The number of imide groups is 1. The molecule has 6 rings (SSSR count). The van der Waals surface area contributed by atoms with Crippen LogP contribution in [0.4, 0.5) is 5.82 Å². The molecule has 0 aromatic carbocycles. The number of allylic oxidation sites excluding steroid dienone is 1. The number of piperazine rings is 1. The zero-order chi connectivity index (χ0) is 26.8. The van der Waals surface area contributed by atoms with E-state index in [1.165, 1.54) is 56.5 Å². The van der Waals surface area contributed by atoms with E-state index >= 15 is 0 Å². The summed E-state index contributed by atoms with van der Waals surface area (Å²) in [5.74, 6) is 3.14. The van der Waals surface area contributed by atoms with E-state index in [9.17, 15) is 9.59 Å². The molecule has 3 aliphatic carbocycles. The predicted octanol–water partition coefficient (Wildman–Crippen LogP) is 3.81. The number of fused-ring (bicyclic) bond motifs is 5. The summed E-state index contributed by atoms with van der Waals surface area (Å²) in [5.41, 5.74) is 1.10. The van der Waals surface area contributed by atoms with Crippen molar-refractivity contribution < 1.29 is 19.8 Å². The van der Waals surface area contributed by atoms with Crippen LogP contribution in [0, 0.1) is 29.6 Å². The van der Waals surface area contributed by atoms with E-state index in [1.807, 2.05) is 25.2 Å². The van der Waals surface area contributed by atoms with E-state index in [-0.39, 0.29) is 23.7 Å². The lowest BCUT2D eigenvalue weighted by Crippen LogP contribution is -2.50. The molecular formula is C29H42N4O4S. The number of carbonyl (C=O) groups excluding carboxylic acids is 2. The van der Waals surface area contributed by atoms with Crippen LogP contribution in [0.15, 0.2) is 12.7 Å². The lowest BCUT2D eigenvalue weighted by atomic mass is 9.81. The van der Waals surface area contributed by atoms with Crippen LogP contribution in [0.5, 0.6) is 0 Å². The fourth-order valence-electron chi connectivity index (χ4n) is 7.44. The highest BCUT2D eigenvalue weighted by Crippen LogP contribution is 2.56. The monoisotopic (exact) mass is 542 g/mol. The Hall–Kier alpha value is -2.07. The first kappa shape index (κ1) is 27.5. The molecular weight excluding hydrogens is 500 g/mol. The molecule has 0 spiro atoms. The molecule has 5 aliphatic rings. The summed E-state index contributed by atoms with van der Waals surface area (Å²) in [5, 5.41) is 18.3. The summed E-state index contributed by atoms with van der Waals surface area (Å²) in [4.78, 5) is 31.7. The maximum absolute atomic E-state index is 12.6. The number of carbonyl (C=O) groups is 2. The van der Waals surface area contributed by atoms with Crippen molar-refractivity contribution in [3.8, 4) is 0 Å². The number of likely N-dealkylation sites (tertiary alicyclic amines) is 1. The van der Waals surface area contributed by atoms with Crippen molar-refractivity contribution in [1.82, 2.24) is 14.2 Å². The fraction of sp³-hybridized carbons (Fsp3) is 0.690. The van der Waals surface area contributed by atoms with Gasteiger partial charge in [-0.25, -0.2) is 0 Å². The average Bonchev–Trinajstić information content (AvgIpc) is 3.71. The number of nitrogens with zero attached hydrogens (tertiary/aromatic N) is 4. The molecule has 5 fully saturated rings. The molecule has 4 unspecified atom stereocenters. The normalized spacial score (nSPS) is 29.9. The third kappa shape index (κ3) is 5.35. The zero-order valence-corrected chi connectivity index (χ0v) is 23.3. The van der Waals surface area contributed by atoms with Gasteiger partial charge in [-0.2, -0.15) is 4.37 Å². The Kier molecular flexibility index (Phi) is 8.67. The predicted molar refractivity (Wildman–Crippen MR) is 150 cm³/mol. The summed E-state index contributed by atoms with van der Waals surface area (Å²) in [6.45, 7) is 9.23. The van der Waals surface area contributed by atoms with Crippen LogP contribution in [0.25, 0.3) is 12.2 Å². The highest BCUT2D eigenvalue weighted by Gasteiger charge is 2.60. The average molecular weight is 543 g/mol. The molecule has 0 radical (unpaired) electrons. The molecule has 38 heavy (non-hydrogen) atoms. The first-order chi connectivity index (χ1) is 18.4. The first-order valence-corrected chi connectivity index (χ1v) is 15.1. The molecule has 9 heteroatoms. The van der Waals surface area contributed by atoms with Crippen molar-refractivity contribution in [1.29, 1.82) is 0 Å². The summed E-state index contributed by atoms with van der Waals surface area (Å²) in [6, 6.07) is 0. The number of amides is 2. The van der Waals surface area contributed by atoms with E-state index in [2.05, 4.69) is 15.9 Å². The summed E-state index contributed by atoms with van der Waals surface area (Å²) < 4.78 is 4.50. The quantitative estimate of drug-likeness (QED) is 0.417. The lowest BCUT2D eigenvalue weighted by Gasteiger charge is -2.35. The Morgan fingerprint density at radius 1 is 1.00 bits per heavy atom. The van der Waals surface area contributed by atoms with Crippen LogP contribution >= 0.6 is 11.5 Å². The van der Waals surface area contributed by atoms with Gasteiger partial charge in [0.2, 0.25) is 18.2 Å². The lowest BCUT2D eigenvalue weighted by molar-refractivity contribution is -0.156. The van der Waals surface area contributed by atoms with Gasteiger partial charge in [-0.15, -0.1) is 0 Å². The Balaban J connectivity index is 0.000000155. The molecule has 2 aliphatic heterocycles. The zero-order valence-electron chi connectivity index (χ0n) is 22.5. The van der Waals surface area contributed by atoms with Crippen LogP contribution in [-0.4, -0.2) is 75.3 Å². The second-order valence-corrected chi connectivity index (χ2v) is 12.3. The molecule has 208 valence electrons. The molecule has 2 N–H and O–H groups in total. The molecule has 8 nitrogen and oxygen atoms in total. The number of aliphatic hydroxyl groups is 2. The molecule has 3 saturated carbocycles. The smallest absolute Gasteiger partial charge is 0.233 e. The van der Waals surface area contributed by atoms with Crippen molar-refractivity contribution in [2.45, 2.75) is 64.7 Å². The standard InChI is InChI=1S/C16H23NO2.C13H19N3O2S/c18-15-13-11-6-7-12(8-11)14(13)16(19)17(15)9-10-4-2-1-3-5-10;1-3-5-10-11(4-2)19-14-12(10)15-6-8-16(9-7-15)13(17)18/h10-14H,1-9H2;3-5,13,17-18H,2,6-9H2,1H3/b;5-3-. The number of anilines is 1. The van der Waals surface area contributed by atoms with Crippen LogP contribution < -0.4 is 4.90 Å². The minimum Gasteiger partial charge on any atom is -0.356 e. The molecule has 1 aromatic rings. The molecule has 2 saturated heterocycles. The van der Waals surface area contributed by atoms with Crippen LogP contribution in [0.1, 0.15) is 68.7 Å². The van der Waals surface area contributed by atoms with Crippen LogP contribution in [0.2, 0.25) is 0 Å². The van der Waals surface area contributed by atoms with E-state index < -0.39 is 6.41 Å². The first-order valence-electron chi connectivity index (χ1n) is 14.4. The maximum atomic E-state index is 12.6. The van der Waals surface area contributed by atoms with Crippen LogP contribution in [0.3, 0.4) is 0 Å². The number of hydrogen-bond donors (Lipinski definition) is 2. The van der Waals surface area contributed by atoms with E-state index in [0.717, 1.165) is 42.3 Å². The summed E-state index contributed by atoms with van der Waals surface area (Å²) in [6.07, 6.45) is 14.3. The van der Waals surface area contributed by atoms with Gasteiger partial charge in [-0.1, -0.05) is 38.0 Å². The highest BCUT2D eigenvalue weighted by atomic mass is 32.1. The van der Waals surface area contributed by atoms with Gasteiger partial charge in [0, 0.05) is 38.3 Å². The highest BCUT2D eigenvalue weighted by molar-refractivity contribution is 7.07. The molecule has 2 amide bonds. The number of rotatable bonds is 6. The Morgan fingerprint density at radius 3 is 2.18 bits per heavy atom. The van der Waals surface area contributed by atoms with Gasteiger partial charge in [0.25, 0.3) is 0 Å². The van der Waals surface area contributed by atoms with E-state index in [4.69, 9.17) is 10.2 Å². The molecule has 4 atom stereocenters. The van der Waals surface area contributed by atoms with Gasteiger partial charge in [-0.3, -0.25) is 19.4 Å². The van der Waals surface area contributed by atoms with Gasteiger partial charge < -0.3 is 15.1 Å². The van der Waals surface area contributed by atoms with Gasteiger partial charge >= 0.3 is 0 Å². The van der Waals surface area contributed by atoms with Crippen LogP contribution in [-0.2, 0) is 9.59 Å². The van der Waals surface area contributed by atoms with E-state index in [0.29, 0.717) is 30.8 Å². The third-order valence-corrected chi connectivity index (χ3v) is 10.2.